The summed E-state index contributed by atoms with van der Waals surface area (Å²) in [5, 5.41) is 2.33. The fourth-order valence-corrected chi connectivity index (χ4v) is 3.36. The molecule has 0 saturated heterocycles. The van der Waals surface area contributed by atoms with E-state index >= 15 is 0 Å². The molecule has 27 heavy (non-hydrogen) atoms. The van der Waals surface area contributed by atoms with Gasteiger partial charge in [0, 0.05) is 24.7 Å². The molecule has 6 nitrogen and oxygen atoms in total. The SMILES string of the molecule is CCc1ccc(N(C(C)=O)c2nc(COC(=O)c3ccncc3)cs2)cc1. The zero-order valence-corrected chi connectivity index (χ0v) is 15.9. The minimum Gasteiger partial charge on any atom is -0.456 e. The Balaban J connectivity index is 1.72. The number of thiazole rings is 1. The van der Waals surface area contributed by atoms with E-state index in [1.165, 1.54) is 36.2 Å². The van der Waals surface area contributed by atoms with Crippen molar-refractivity contribution < 1.29 is 14.3 Å². The van der Waals surface area contributed by atoms with Crippen molar-refractivity contribution in [1.82, 2.24) is 9.97 Å². The van der Waals surface area contributed by atoms with Crippen molar-refractivity contribution in [3.05, 3.63) is 71.0 Å². The third-order valence-corrected chi connectivity index (χ3v) is 4.79. The van der Waals surface area contributed by atoms with E-state index in [1.807, 2.05) is 24.3 Å². The molecule has 3 aromatic rings. The summed E-state index contributed by atoms with van der Waals surface area (Å²) in [5.74, 6) is -0.570. The van der Waals surface area contributed by atoms with Crippen molar-refractivity contribution in [3.8, 4) is 0 Å². The molecule has 0 saturated carbocycles. The van der Waals surface area contributed by atoms with Gasteiger partial charge in [0.25, 0.3) is 0 Å². The highest BCUT2D eigenvalue weighted by molar-refractivity contribution is 7.14. The van der Waals surface area contributed by atoms with Crippen LogP contribution in [-0.2, 0) is 22.6 Å². The predicted octanol–water partition coefficient (Wildman–Crippen LogP) is 4.14. The van der Waals surface area contributed by atoms with Crippen LogP contribution in [0.3, 0.4) is 0 Å². The van der Waals surface area contributed by atoms with E-state index in [4.69, 9.17) is 4.74 Å². The molecule has 0 radical (unpaired) electrons. The number of esters is 1. The van der Waals surface area contributed by atoms with Gasteiger partial charge in [0.05, 0.1) is 16.9 Å². The molecule has 0 bridgehead atoms. The Morgan fingerprint density at radius 3 is 2.44 bits per heavy atom. The number of aromatic nitrogens is 2. The van der Waals surface area contributed by atoms with Gasteiger partial charge in [-0.3, -0.25) is 14.7 Å². The van der Waals surface area contributed by atoms with Gasteiger partial charge in [-0.2, -0.15) is 0 Å². The Labute approximate surface area is 161 Å². The van der Waals surface area contributed by atoms with Gasteiger partial charge < -0.3 is 4.74 Å². The van der Waals surface area contributed by atoms with Crippen LogP contribution in [0.5, 0.6) is 0 Å². The highest BCUT2D eigenvalue weighted by Gasteiger charge is 2.18. The van der Waals surface area contributed by atoms with Crippen molar-refractivity contribution >= 4 is 34.0 Å². The average Bonchev–Trinajstić information content (AvgIpc) is 3.15. The first-order valence-corrected chi connectivity index (χ1v) is 9.37. The standard InChI is InChI=1S/C20H19N3O3S/c1-3-15-4-6-18(7-5-15)23(14(2)24)20-22-17(13-27-20)12-26-19(25)16-8-10-21-11-9-16/h4-11,13H,3,12H2,1-2H3. The van der Waals surface area contributed by atoms with E-state index in [0.29, 0.717) is 16.4 Å². The molecule has 138 valence electrons. The fourth-order valence-electron chi connectivity index (χ4n) is 2.48. The van der Waals surface area contributed by atoms with Crippen LogP contribution in [0.2, 0.25) is 0 Å². The number of amides is 1. The van der Waals surface area contributed by atoms with E-state index < -0.39 is 5.97 Å². The van der Waals surface area contributed by atoms with Crippen LogP contribution in [-0.4, -0.2) is 21.8 Å². The molecular formula is C20H19N3O3S. The van der Waals surface area contributed by atoms with Gasteiger partial charge in [0.15, 0.2) is 5.13 Å². The van der Waals surface area contributed by atoms with Crippen molar-refractivity contribution in [1.29, 1.82) is 0 Å². The zero-order chi connectivity index (χ0) is 19.2. The molecule has 0 atom stereocenters. The lowest BCUT2D eigenvalue weighted by Gasteiger charge is -2.18. The molecule has 3 rings (SSSR count). The summed E-state index contributed by atoms with van der Waals surface area (Å²) in [6.45, 7) is 3.62. The number of anilines is 2. The summed E-state index contributed by atoms with van der Waals surface area (Å²) in [5.41, 5.74) is 2.98. The van der Waals surface area contributed by atoms with E-state index in [2.05, 4.69) is 16.9 Å². The van der Waals surface area contributed by atoms with Crippen LogP contribution < -0.4 is 4.90 Å². The van der Waals surface area contributed by atoms with Crippen LogP contribution in [0, 0.1) is 0 Å². The van der Waals surface area contributed by atoms with Crippen molar-refractivity contribution in [3.63, 3.8) is 0 Å². The van der Waals surface area contributed by atoms with Gasteiger partial charge in [0.1, 0.15) is 6.61 Å². The maximum absolute atomic E-state index is 12.2. The average molecular weight is 381 g/mol. The van der Waals surface area contributed by atoms with Crippen LogP contribution in [0.4, 0.5) is 10.8 Å². The second kappa shape index (κ2) is 8.55. The molecule has 2 heterocycles. The predicted molar refractivity (Wildman–Crippen MR) is 104 cm³/mol. The van der Waals surface area contributed by atoms with Crippen molar-refractivity contribution in [2.45, 2.75) is 26.9 Å². The van der Waals surface area contributed by atoms with Gasteiger partial charge in [-0.05, 0) is 36.2 Å². The summed E-state index contributed by atoms with van der Waals surface area (Å²) in [7, 11) is 0. The van der Waals surface area contributed by atoms with E-state index in [0.717, 1.165) is 12.1 Å². The zero-order valence-electron chi connectivity index (χ0n) is 15.1. The Morgan fingerprint density at radius 2 is 1.81 bits per heavy atom. The number of benzene rings is 1. The van der Waals surface area contributed by atoms with Gasteiger partial charge >= 0.3 is 5.97 Å². The third-order valence-electron chi connectivity index (χ3n) is 3.92. The molecule has 0 aliphatic carbocycles. The van der Waals surface area contributed by atoms with Gasteiger partial charge in [0.2, 0.25) is 5.91 Å². The summed E-state index contributed by atoms with van der Waals surface area (Å²) in [6.07, 6.45) is 4.00. The maximum Gasteiger partial charge on any atom is 0.338 e. The Hall–Kier alpha value is -3.06. The van der Waals surface area contributed by atoms with E-state index in [-0.39, 0.29) is 12.5 Å². The third kappa shape index (κ3) is 4.57. The molecule has 1 aromatic carbocycles. The number of carbonyl (C=O) groups excluding carboxylic acids is 2. The first-order chi connectivity index (χ1) is 13.1. The number of ether oxygens (including phenoxy) is 1. The molecule has 0 aliphatic rings. The minimum atomic E-state index is -0.439. The first kappa shape index (κ1) is 18.7. The second-order valence-electron chi connectivity index (χ2n) is 5.81. The molecular weight excluding hydrogens is 362 g/mol. The van der Waals surface area contributed by atoms with Crippen LogP contribution >= 0.6 is 11.3 Å². The second-order valence-corrected chi connectivity index (χ2v) is 6.64. The van der Waals surface area contributed by atoms with Gasteiger partial charge in [-0.25, -0.2) is 9.78 Å². The summed E-state index contributed by atoms with van der Waals surface area (Å²) < 4.78 is 5.28. The first-order valence-electron chi connectivity index (χ1n) is 8.49. The summed E-state index contributed by atoms with van der Waals surface area (Å²) >= 11 is 1.33. The number of nitrogens with zero attached hydrogens (tertiary/aromatic N) is 3. The lowest BCUT2D eigenvalue weighted by Crippen LogP contribution is -2.22. The number of hydrogen-bond donors (Lipinski definition) is 0. The van der Waals surface area contributed by atoms with E-state index in [9.17, 15) is 9.59 Å². The number of carbonyl (C=O) groups is 2. The van der Waals surface area contributed by atoms with Crippen LogP contribution in [0.1, 0.15) is 35.5 Å². The van der Waals surface area contributed by atoms with Crippen LogP contribution in [0.25, 0.3) is 0 Å². The molecule has 0 fully saturated rings. The number of pyridine rings is 1. The molecule has 0 spiro atoms. The quantitative estimate of drug-likeness (QED) is 0.600. The largest absolute Gasteiger partial charge is 0.456 e. The number of aryl methyl sites for hydroxylation is 1. The van der Waals surface area contributed by atoms with Gasteiger partial charge in [-0.1, -0.05) is 19.1 Å². The Morgan fingerprint density at radius 1 is 1.11 bits per heavy atom. The molecule has 2 aromatic heterocycles. The monoisotopic (exact) mass is 381 g/mol. The van der Waals surface area contributed by atoms with E-state index in [1.54, 1.807) is 22.4 Å². The topological polar surface area (TPSA) is 72.4 Å². The summed E-state index contributed by atoms with van der Waals surface area (Å²) in [4.78, 5) is 34.0. The molecule has 1 amide bonds. The van der Waals surface area contributed by atoms with Crippen LogP contribution in [0.15, 0.2) is 54.2 Å². The lowest BCUT2D eigenvalue weighted by atomic mass is 10.1. The Kier molecular flexibility index (Phi) is 5.93. The number of hydrogen-bond acceptors (Lipinski definition) is 6. The lowest BCUT2D eigenvalue weighted by molar-refractivity contribution is -0.115. The fraction of sp³-hybridized carbons (Fsp3) is 0.200. The normalized spacial score (nSPS) is 10.4. The maximum atomic E-state index is 12.2. The van der Waals surface area contributed by atoms with Crippen molar-refractivity contribution in [2.75, 3.05) is 4.90 Å². The minimum absolute atomic E-state index is 0.0399. The Bertz CT molecular complexity index is 923. The highest BCUT2D eigenvalue weighted by atomic mass is 32.1. The highest BCUT2D eigenvalue weighted by Crippen LogP contribution is 2.29. The summed E-state index contributed by atoms with van der Waals surface area (Å²) in [6, 6.07) is 11.0. The van der Waals surface area contributed by atoms with Crippen molar-refractivity contribution in [2.24, 2.45) is 0 Å². The van der Waals surface area contributed by atoms with Gasteiger partial charge in [-0.15, -0.1) is 11.3 Å². The molecule has 0 unspecified atom stereocenters. The molecule has 0 N–H and O–H groups in total. The molecule has 7 heteroatoms. The number of rotatable bonds is 6. The smallest absolute Gasteiger partial charge is 0.338 e. The molecule has 0 aliphatic heterocycles.